The van der Waals surface area contributed by atoms with Gasteiger partial charge in [0.25, 0.3) is 5.91 Å². The van der Waals surface area contributed by atoms with E-state index in [0.29, 0.717) is 24.8 Å². The maximum atomic E-state index is 13.1. The lowest BCUT2D eigenvalue weighted by Crippen LogP contribution is -2.39. The van der Waals surface area contributed by atoms with Crippen LogP contribution in [0.4, 0.5) is 0 Å². The number of hydrogen-bond donors (Lipinski definition) is 2. The molecule has 1 aromatic heterocycles. The zero-order valence-electron chi connectivity index (χ0n) is 16.6. The summed E-state index contributed by atoms with van der Waals surface area (Å²) in [5.41, 5.74) is 1.94. The minimum Gasteiger partial charge on any atom is -0.345 e. The van der Waals surface area contributed by atoms with Crippen LogP contribution in [0, 0.1) is 5.92 Å². The number of amides is 1. The molecule has 1 fully saturated rings. The van der Waals surface area contributed by atoms with Gasteiger partial charge in [0.05, 0.1) is 22.6 Å². The SMILES string of the molecule is CC1CCCN(S(=O)(=O)c2cc(C(=O)NCc3nc4ccccc4[nH]3)ccc2Cl)C1. The van der Waals surface area contributed by atoms with Crippen LogP contribution in [0.15, 0.2) is 47.4 Å². The monoisotopic (exact) mass is 446 g/mol. The fraction of sp³-hybridized carbons (Fsp3) is 0.333. The molecule has 2 N–H and O–H groups in total. The number of rotatable bonds is 5. The van der Waals surface area contributed by atoms with E-state index in [1.807, 2.05) is 31.2 Å². The van der Waals surface area contributed by atoms with Crippen molar-refractivity contribution in [1.82, 2.24) is 19.6 Å². The number of carbonyl (C=O) groups excluding carboxylic acids is 1. The van der Waals surface area contributed by atoms with E-state index in [9.17, 15) is 13.2 Å². The van der Waals surface area contributed by atoms with Crippen molar-refractivity contribution in [1.29, 1.82) is 0 Å². The summed E-state index contributed by atoms with van der Waals surface area (Å²) in [4.78, 5) is 20.2. The van der Waals surface area contributed by atoms with Gasteiger partial charge < -0.3 is 10.3 Å². The van der Waals surface area contributed by atoms with Crippen molar-refractivity contribution in [2.45, 2.75) is 31.2 Å². The summed E-state index contributed by atoms with van der Waals surface area (Å²) in [6, 6.07) is 11.9. The molecule has 3 aromatic rings. The second-order valence-corrected chi connectivity index (χ2v) is 9.95. The predicted octanol–water partition coefficient (Wildman–Crippen LogP) is 3.57. The molecule has 1 unspecified atom stereocenters. The Morgan fingerprint density at radius 3 is 2.87 bits per heavy atom. The van der Waals surface area contributed by atoms with Crippen LogP contribution in [0.25, 0.3) is 11.0 Å². The highest BCUT2D eigenvalue weighted by atomic mass is 35.5. The number of H-pyrrole nitrogens is 1. The second-order valence-electron chi connectivity index (χ2n) is 7.64. The molecule has 4 rings (SSSR count). The van der Waals surface area contributed by atoms with E-state index in [1.165, 1.54) is 22.5 Å². The fourth-order valence-electron chi connectivity index (χ4n) is 3.70. The summed E-state index contributed by atoms with van der Waals surface area (Å²) < 4.78 is 27.7. The number of fused-ring (bicyclic) bond motifs is 1. The lowest BCUT2D eigenvalue weighted by molar-refractivity contribution is 0.0949. The lowest BCUT2D eigenvalue weighted by atomic mass is 10.0. The van der Waals surface area contributed by atoms with Gasteiger partial charge in [-0.3, -0.25) is 4.79 Å². The Labute approximate surface area is 180 Å². The van der Waals surface area contributed by atoms with Crippen molar-refractivity contribution in [2.24, 2.45) is 5.92 Å². The Balaban J connectivity index is 1.52. The van der Waals surface area contributed by atoms with Crippen LogP contribution in [-0.4, -0.2) is 41.7 Å². The summed E-state index contributed by atoms with van der Waals surface area (Å²) in [5.74, 6) is 0.520. The Morgan fingerprint density at radius 2 is 2.10 bits per heavy atom. The number of nitrogens with zero attached hydrogens (tertiary/aromatic N) is 2. The van der Waals surface area contributed by atoms with Crippen molar-refractivity contribution in [3.8, 4) is 0 Å². The van der Waals surface area contributed by atoms with Crippen molar-refractivity contribution in [3.05, 3.63) is 58.9 Å². The van der Waals surface area contributed by atoms with Gasteiger partial charge in [-0.05, 0) is 49.1 Å². The molecule has 1 atom stereocenters. The van der Waals surface area contributed by atoms with Crippen molar-refractivity contribution in [2.75, 3.05) is 13.1 Å². The summed E-state index contributed by atoms with van der Waals surface area (Å²) >= 11 is 6.21. The molecule has 2 heterocycles. The number of sulfonamides is 1. The molecule has 1 aliphatic rings. The second kappa shape index (κ2) is 8.37. The first-order chi connectivity index (χ1) is 14.3. The Bertz CT molecular complexity index is 1160. The van der Waals surface area contributed by atoms with Gasteiger partial charge in [0, 0.05) is 18.7 Å². The predicted molar refractivity (Wildman–Crippen MR) is 116 cm³/mol. The van der Waals surface area contributed by atoms with Gasteiger partial charge in [0.2, 0.25) is 10.0 Å². The van der Waals surface area contributed by atoms with Crippen LogP contribution in [0.5, 0.6) is 0 Å². The van der Waals surface area contributed by atoms with Crippen LogP contribution in [0.1, 0.15) is 35.9 Å². The molecule has 1 saturated heterocycles. The third-order valence-electron chi connectivity index (χ3n) is 5.29. The number of carbonyl (C=O) groups is 1. The lowest BCUT2D eigenvalue weighted by Gasteiger charge is -2.30. The summed E-state index contributed by atoms with van der Waals surface area (Å²) in [6.07, 6.45) is 1.82. The van der Waals surface area contributed by atoms with Gasteiger partial charge in [-0.1, -0.05) is 30.7 Å². The molecule has 158 valence electrons. The third kappa shape index (κ3) is 4.21. The van der Waals surface area contributed by atoms with E-state index >= 15 is 0 Å². The van der Waals surface area contributed by atoms with Crippen molar-refractivity contribution < 1.29 is 13.2 Å². The molecule has 1 aliphatic heterocycles. The number of imidazole rings is 1. The smallest absolute Gasteiger partial charge is 0.251 e. The van der Waals surface area contributed by atoms with E-state index in [2.05, 4.69) is 15.3 Å². The van der Waals surface area contributed by atoms with Crippen molar-refractivity contribution >= 4 is 38.6 Å². The largest absolute Gasteiger partial charge is 0.345 e. The van der Waals surface area contributed by atoms with Gasteiger partial charge in [-0.15, -0.1) is 0 Å². The number of halogens is 1. The highest BCUT2D eigenvalue weighted by Gasteiger charge is 2.30. The number of aromatic nitrogens is 2. The topological polar surface area (TPSA) is 95.2 Å². The van der Waals surface area contributed by atoms with E-state index < -0.39 is 15.9 Å². The Morgan fingerprint density at radius 1 is 1.30 bits per heavy atom. The van der Waals surface area contributed by atoms with E-state index in [4.69, 9.17) is 11.6 Å². The molecule has 30 heavy (non-hydrogen) atoms. The van der Waals surface area contributed by atoms with Crippen LogP contribution < -0.4 is 5.32 Å². The van der Waals surface area contributed by atoms with Gasteiger partial charge in [0.15, 0.2) is 0 Å². The van der Waals surface area contributed by atoms with Crippen LogP contribution in [0.2, 0.25) is 5.02 Å². The summed E-state index contributed by atoms with van der Waals surface area (Å²) in [7, 11) is -3.76. The normalized spacial score (nSPS) is 17.9. The highest BCUT2D eigenvalue weighted by Crippen LogP contribution is 2.29. The molecule has 0 radical (unpaired) electrons. The number of nitrogens with one attached hydrogen (secondary N) is 2. The molecule has 7 nitrogen and oxygen atoms in total. The fourth-order valence-corrected chi connectivity index (χ4v) is 5.80. The molecular formula is C21H23ClN4O3S. The van der Waals surface area contributed by atoms with E-state index in [-0.39, 0.29) is 22.0 Å². The highest BCUT2D eigenvalue weighted by molar-refractivity contribution is 7.89. The first-order valence-corrected chi connectivity index (χ1v) is 11.7. The molecule has 0 bridgehead atoms. The van der Waals surface area contributed by atoms with Gasteiger partial charge in [0.1, 0.15) is 10.7 Å². The molecule has 2 aromatic carbocycles. The number of aromatic amines is 1. The molecule has 0 spiro atoms. The molecular weight excluding hydrogens is 424 g/mol. The van der Waals surface area contributed by atoms with E-state index in [1.54, 1.807) is 0 Å². The Kier molecular flexibility index (Phi) is 5.81. The zero-order valence-corrected chi connectivity index (χ0v) is 18.1. The minimum atomic E-state index is -3.76. The zero-order chi connectivity index (χ0) is 21.3. The average molecular weight is 447 g/mol. The van der Waals surface area contributed by atoms with E-state index in [0.717, 1.165) is 23.9 Å². The number of piperidine rings is 1. The van der Waals surface area contributed by atoms with Crippen LogP contribution in [0.3, 0.4) is 0 Å². The van der Waals surface area contributed by atoms with Gasteiger partial charge in [-0.2, -0.15) is 4.31 Å². The van der Waals surface area contributed by atoms with Gasteiger partial charge in [-0.25, -0.2) is 13.4 Å². The summed E-state index contributed by atoms with van der Waals surface area (Å²) in [5, 5.41) is 2.89. The van der Waals surface area contributed by atoms with Gasteiger partial charge >= 0.3 is 0 Å². The standard InChI is InChI=1S/C21H23ClN4O3S/c1-14-5-4-10-26(13-14)30(28,29)19-11-15(8-9-16(19)22)21(27)23-12-20-24-17-6-2-3-7-18(17)25-20/h2-3,6-9,11,14H,4-5,10,12-13H2,1H3,(H,23,27)(H,24,25). The maximum Gasteiger partial charge on any atom is 0.251 e. The summed E-state index contributed by atoms with van der Waals surface area (Å²) in [6.45, 7) is 3.15. The first kappa shape index (κ1) is 20.8. The molecule has 9 heteroatoms. The molecule has 0 saturated carbocycles. The maximum absolute atomic E-state index is 13.1. The number of hydrogen-bond acceptors (Lipinski definition) is 4. The quantitative estimate of drug-likeness (QED) is 0.626. The van der Waals surface area contributed by atoms with Crippen molar-refractivity contribution in [3.63, 3.8) is 0 Å². The van der Waals surface area contributed by atoms with Crippen LogP contribution >= 0.6 is 11.6 Å². The minimum absolute atomic E-state index is 0.0327. The average Bonchev–Trinajstić information content (AvgIpc) is 3.15. The van der Waals surface area contributed by atoms with Crippen LogP contribution in [-0.2, 0) is 16.6 Å². The Hall–Kier alpha value is -2.42. The molecule has 1 amide bonds. The number of benzene rings is 2. The third-order valence-corrected chi connectivity index (χ3v) is 7.63. The first-order valence-electron chi connectivity index (χ1n) is 9.86. The molecule has 0 aliphatic carbocycles. The number of para-hydroxylation sites is 2.